The lowest BCUT2D eigenvalue weighted by Crippen LogP contribution is -2.27. The van der Waals surface area contributed by atoms with Gasteiger partial charge < -0.3 is 10.1 Å². The lowest BCUT2D eigenvalue weighted by atomic mass is 10.0. The fraction of sp³-hybridized carbons (Fsp3) is 0.316. The normalized spacial score (nSPS) is 11.7. The fourth-order valence-corrected chi connectivity index (χ4v) is 2.47. The average Bonchev–Trinajstić information content (AvgIpc) is 2.59. The Kier molecular flexibility index (Phi) is 7.14. The van der Waals surface area contributed by atoms with E-state index in [1.165, 1.54) is 5.56 Å². The van der Waals surface area contributed by atoms with Gasteiger partial charge in [-0.1, -0.05) is 53.2 Å². The first-order chi connectivity index (χ1) is 11.1. The third-order valence-corrected chi connectivity index (χ3v) is 4.13. The molecule has 0 aromatic heterocycles. The van der Waals surface area contributed by atoms with Gasteiger partial charge in [-0.3, -0.25) is 4.79 Å². The van der Waals surface area contributed by atoms with Gasteiger partial charge in [-0.15, -0.1) is 0 Å². The van der Waals surface area contributed by atoms with Crippen LogP contribution in [0.5, 0.6) is 5.75 Å². The van der Waals surface area contributed by atoms with Crippen LogP contribution in [0, 0.1) is 0 Å². The average molecular weight is 376 g/mol. The number of carbonyl (C=O) groups is 1. The third kappa shape index (κ3) is 6.45. The van der Waals surface area contributed by atoms with Crippen molar-refractivity contribution in [1.82, 2.24) is 5.32 Å². The number of amides is 1. The van der Waals surface area contributed by atoms with Crippen LogP contribution in [-0.4, -0.2) is 19.1 Å². The van der Waals surface area contributed by atoms with E-state index in [1.54, 1.807) is 0 Å². The van der Waals surface area contributed by atoms with Crippen molar-refractivity contribution in [2.75, 3.05) is 13.2 Å². The van der Waals surface area contributed by atoms with Gasteiger partial charge in [0.15, 0.2) is 0 Å². The molecule has 0 aliphatic rings. The molecule has 1 N–H and O–H groups in total. The molecule has 0 aliphatic heterocycles. The van der Waals surface area contributed by atoms with Gasteiger partial charge in [0.1, 0.15) is 5.75 Å². The highest BCUT2D eigenvalue weighted by Gasteiger charge is 2.07. The van der Waals surface area contributed by atoms with E-state index in [-0.39, 0.29) is 5.91 Å². The molecular weight excluding hydrogens is 354 g/mol. The molecule has 0 bridgehead atoms. The molecule has 0 spiro atoms. The molecular formula is C19H22BrNO2. The molecule has 1 amide bonds. The van der Waals surface area contributed by atoms with E-state index >= 15 is 0 Å². The predicted octanol–water partition coefficient (Wildman–Crippen LogP) is 4.53. The van der Waals surface area contributed by atoms with Crippen molar-refractivity contribution >= 4 is 21.8 Å². The summed E-state index contributed by atoms with van der Waals surface area (Å²) in [4.78, 5) is 11.9. The van der Waals surface area contributed by atoms with Crippen LogP contribution in [0.3, 0.4) is 0 Å². The number of hydrogen-bond acceptors (Lipinski definition) is 2. The smallest absolute Gasteiger partial charge is 0.220 e. The maximum atomic E-state index is 11.9. The molecule has 4 heteroatoms. The van der Waals surface area contributed by atoms with Crippen LogP contribution in [0.2, 0.25) is 0 Å². The second kappa shape index (κ2) is 9.36. The SMILES string of the molecule is C[C@H](CNC(=O)CCCOc1ccc(Br)cc1)c1ccccc1. The van der Waals surface area contributed by atoms with Crippen molar-refractivity contribution in [3.8, 4) is 5.75 Å². The van der Waals surface area contributed by atoms with E-state index in [9.17, 15) is 4.79 Å². The number of nitrogens with one attached hydrogen (secondary N) is 1. The number of ether oxygens (including phenoxy) is 1. The molecule has 0 fully saturated rings. The molecule has 0 unspecified atom stereocenters. The molecule has 2 aromatic carbocycles. The van der Waals surface area contributed by atoms with Crippen LogP contribution in [-0.2, 0) is 4.79 Å². The Balaban J connectivity index is 1.61. The molecule has 0 heterocycles. The van der Waals surface area contributed by atoms with Crippen LogP contribution >= 0.6 is 15.9 Å². The Hall–Kier alpha value is -1.81. The van der Waals surface area contributed by atoms with E-state index in [4.69, 9.17) is 4.74 Å². The molecule has 2 rings (SSSR count). The maximum Gasteiger partial charge on any atom is 0.220 e. The number of rotatable bonds is 8. The molecule has 23 heavy (non-hydrogen) atoms. The number of halogens is 1. The van der Waals surface area contributed by atoms with Gasteiger partial charge in [-0.2, -0.15) is 0 Å². The predicted molar refractivity (Wildman–Crippen MR) is 96.7 cm³/mol. The summed E-state index contributed by atoms with van der Waals surface area (Å²) in [7, 11) is 0. The van der Waals surface area contributed by atoms with Crippen LogP contribution in [0.1, 0.15) is 31.2 Å². The highest BCUT2D eigenvalue weighted by atomic mass is 79.9. The minimum atomic E-state index is 0.0761. The maximum absolute atomic E-state index is 11.9. The standard InChI is InChI=1S/C19H22BrNO2/c1-15(16-6-3-2-4-7-16)14-21-19(22)8-5-13-23-18-11-9-17(20)10-12-18/h2-4,6-7,9-12,15H,5,8,13-14H2,1H3,(H,21,22)/t15-/m1/s1. The molecule has 0 radical (unpaired) electrons. The van der Waals surface area contributed by atoms with Crippen molar-refractivity contribution in [1.29, 1.82) is 0 Å². The van der Waals surface area contributed by atoms with E-state index in [0.717, 1.165) is 10.2 Å². The van der Waals surface area contributed by atoms with Gasteiger partial charge in [0.05, 0.1) is 6.61 Å². The molecule has 0 saturated heterocycles. The van der Waals surface area contributed by atoms with Gasteiger partial charge in [-0.05, 0) is 42.2 Å². The van der Waals surface area contributed by atoms with Crippen molar-refractivity contribution in [3.63, 3.8) is 0 Å². The molecule has 0 aliphatic carbocycles. The van der Waals surface area contributed by atoms with E-state index < -0.39 is 0 Å². The highest BCUT2D eigenvalue weighted by Crippen LogP contribution is 2.16. The van der Waals surface area contributed by atoms with Gasteiger partial charge in [0.2, 0.25) is 5.91 Å². The Bertz CT molecular complexity index is 599. The van der Waals surface area contributed by atoms with E-state index in [0.29, 0.717) is 31.9 Å². The number of carbonyl (C=O) groups excluding carboxylic acids is 1. The van der Waals surface area contributed by atoms with Crippen molar-refractivity contribution in [2.24, 2.45) is 0 Å². The van der Waals surface area contributed by atoms with E-state index in [1.807, 2.05) is 42.5 Å². The second-order valence-electron chi connectivity index (χ2n) is 5.52. The summed E-state index contributed by atoms with van der Waals surface area (Å²) >= 11 is 3.38. The lowest BCUT2D eigenvalue weighted by molar-refractivity contribution is -0.121. The van der Waals surface area contributed by atoms with Crippen molar-refractivity contribution < 1.29 is 9.53 Å². The van der Waals surface area contributed by atoms with Crippen molar-refractivity contribution in [3.05, 3.63) is 64.6 Å². The summed E-state index contributed by atoms with van der Waals surface area (Å²) in [5, 5.41) is 2.99. The molecule has 122 valence electrons. The minimum absolute atomic E-state index is 0.0761. The Morgan fingerprint density at radius 3 is 2.52 bits per heavy atom. The summed E-state index contributed by atoms with van der Waals surface area (Å²) in [6.07, 6.45) is 1.19. The molecule has 3 nitrogen and oxygen atoms in total. The zero-order valence-corrected chi connectivity index (χ0v) is 14.9. The zero-order chi connectivity index (χ0) is 16.5. The summed E-state index contributed by atoms with van der Waals surface area (Å²) in [6.45, 7) is 3.33. The molecule has 0 saturated carbocycles. The Morgan fingerprint density at radius 2 is 1.83 bits per heavy atom. The summed E-state index contributed by atoms with van der Waals surface area (Å²) in [5.74, 6) is 1.22. The van der Waals surface area contributed by atoms with Crippen LogP contribution in [0.15, 0.2) is 59.1 Å². The van der Waals surface area contributed by atoms with Crippen molar-refractivity contribution in [2.45, 2.75) is 25.7 Å². The molecule has 2 aromatic rings. The van der Waals surface area contributed by atoms with Gasteiger partial charge >= 0.3 is 0 Å². The lowest BCUT2D eigenvalue weighted by Gasteiger charge is -2.13. The van der Waals surface area contributed by atoms with Gasteiger partial charge in [-0.25, -0.2) is 0 Å². The van der Waals surface area contributed by atoms with Gasteiger partial charge in [0, 0.05) is 17.4 Å². The molecule has 1 atom stereocenters. The zero-order valence-electron chi connectivity index (χ0n) is 13.3. The Labute approximate surface area is 146 Å². The largest absolute Gasteiger partial charge is 0.494 e. The fourth-order valence-electron chi connectivity index (χ4n) is 2.21. The second-order valence-corrected chi connectivity index (χ2v) is 6.44. The van der Waals surface area contributed by atoms with Gasteiger partial charge in [0.25, 0.3) is 0 Å². The minimum Gasteiger partial charge on any atom is -0.494 e. The number of benzene rings is 2. The van der Waals surface area contributed by atoms with E-state index in [2.05, 4.69) is 40.3 Å². The van der Waals surface area contributed by atoms with Crippen LogP contribution < -0.4 is 10.1 Å². The quantitative estimate of drug-likeness (QED) is 0.688. The third-order valence-electron chi connectivity index (χ3n) is 3.60. The summed E-state index contributed by atoms with van der Waals surface area (Å²) in [5.41, 5.74) is 1.24. The highest BCUT2D eigenvalue weighted by molar-refractivity contribution is 9.10. The first kappa shape index (κ1) is 17.5. The summed E-state index contributed by atoms with van der Waals surface area (Å²) in [6, 6.07) is 17.9. The van der Waals surface area contributed by atoms with Crippen LogP contribution in [0.4, 0.5) is 0 Å². The van der Waals surface area contributed by atoms with Crippen LogP contribution in [0.25, 0.3) is 0 Å². The topological polar surface area (TPSA) is 38.3 Å². The Morgan fingerprint density at radius 1 is 1.13 bits per heavy atom. The summed E-state index contributed by atoms with van der Waals surface area (Å²) < 4.78 is 6.63. The first-order valence-electron chi connectivity index (χ1n) is 7.85. The first-order valence-corrected chi connectivity index (χ1v) is 8.64. The number of hydrogen-bond donors (Lipinski definition) is 1. The monoisotopic (exact) mass is 375 g/mol.